The lowest BCUT2D eigenvalue weighted by Gasteiger charge is -2.05. The second kappa shape index (κ2) is 6.85. The van der Waals surface area contributed by atoms with Gasteiger partial charge in [-0.05, 0) is 47.2 Å². The summed E-state index contributed by atoms with van der Waals surface area (Å²) in [4.78, 5) is 15.9. The molecule has 7 heteroatoms. The average Bonchev–Trinajstić information content (AvgIpc) is 2.91. The number of H-pyrrole nitrogens is 1. The summed E-state index contributed by atoms with van der Waals surface area (Å²) in [6.45, 7) is 0.586. The molecule has 1 heterocycles. The van der Waals surface area contributed by atoms with Gasteiger partial charge in [-0.25, -0.2) is 4.98 Å². The van der Waals surface area contributed by atoms with Crippen molar-refractivity contribution < 1.29 is 4.79 Å². The molecule has 0 fully saturated rings. The second-order valence-electron chi connectivity index (χ2n) is 3.92. The van der Waals surface area contributed by atoms with Gasteiger partial charge in [0, 0.05) is 22.1 Å². The number of benzene rings is 1. The number of carbonyl (C=O) groups is 1. The predicted octanol–water partition coefficient (Wildman–Crippen LogP) is 2.43. The molecule has 19 heavy (non-hydrogen) atoms. The molecular formula is C12H12ClIN4O. The topological polar surface area (TPSA) is 70.7 Å². The normalized spacial score (nSPS) is 10.4. The van der Waals surface area contributed by atoms with Gasteiger partial charge >= 0.3 is 0 Å². The molecule has 2 rings (SSSR count). The maximum absolute atomic E-state index is 11.9. The van der Waals surface area contributed by atoms with E-state index in [-0.39, 0.29) is 5.91 Å². The fourth-order valence-corrected chi connectivity index (χ4v) is 2.06. The number of aromatic nitrogens is 3. The maximum Gasteiger partial charge on any atom is 0.251 e. The van der Waals surface area contributed by atoms with Crippen molar-refractivity contribution in [3.8, 4) is 0 Å². The standard InChI is InChI=1S/C12H12ClIN4O/c13-9-6-8(3-4-10(9)14)12(19)15-5-1-2-11-16-7-17-18-11/h3-4,6-7H,1-2,5H2,(H,15,19)(H,16,17,18). The van der Waals surface area contributed by atoms with E-state index < -0.39 is 0 Å². The molecule has 5 nitrogen and oxygen atoms in total. The van der Waals surface area contributed by atoms with Crippen LogP contribution in [0, 0.1) is 3.57 Å². The van der Waals surface area contributed by atoms with Crippen LogP contribution in [-0.4, -0.2) is 27.6 Å². The first-order valence-corrected chi connectivity index (χ1v) is 7.20. The van der Waals surface area contributed by atoms with Crippen molar-refractivity contribution in [3.05, 3.63) is 44.5 Å². The van der Waals surface area contributed by atoms with Crippen LogP contribution < -0.4 is 5.32 Å². The van der Waals surface area contributed by atoms with Crippen LogP contribution in [-0.2, 0) is 6.42 Å². The number of halogens is 2. The Morgan fingerprint density at radius 1 is 1.47 bits per heavy atom. The lowest BCUT2D eigenvalue weighted by atomic mass is 10.2. The Balaban J connectivity index is 1.79. The van der Waals surface area contributed by atoms with E-state index in [1.54, 1.807) is 12.1 Å². The first-order chi connectivity index (χ1) is 9.16. The zero-order chi connectivity index (χ0) is 13.7. The van der Waals surface area contributed by atoms with Crippen LogP contribution in [0.3, 0.4) is 0 Å². The molecule has 0 aliphatic carbocycles. The third-order valence-corrected chi connectivity index (χ3v) is 4.09. The van der Waals surface area contributed by atoms with Gasteiger partial charge in [-0.1, -0.05) is 11.6 Å². The monoisotopic (exact) mass is 390 g/mol. The molecule has 0 aliphatic rings. The van der Waals surface area contributed by atoms with Gasteiger partial charge in [0.1, 0.15) is 12.2 Å². The third kappa shape index (κ3) is 4.17. The molecule has 1 amide bonds. The summed E-state index contributed by atoms with van der Waals surface area (Å²) in [5, 5.41) is 9.98. The average molecular weight is 391 g/mol. The van der Waals surface area contributed by atoms with E-state index in [1.807, 2.05) is 6.07 Å². The molecule has 0 unspecified atom stereocenters. The first-order valence-electron chi connectivity index (χ1n) is 5.74. The number of nitrogens with zero attached hydrogens (tertiary/aromatic N) is 2. The Morgan fingerprint density at radius 3 is 3.00 bits per heavy atom. The van der Waals surface area contributed by atoms with Gasteiger partial charge in [0.05, 0.1) is 5.02 Å². The van der Waals surface area contributed by atoms with Crippen LogP contribution in [0.5, 0.6) is 0 Å². The summed E-state index contributed by atoms with van der Waals surface area (Å²) in [6.07, 6.45) is 3.04. The van der Waals surface area contributed by atoms with Crippen molar-refractivity contribution in [2.75, 3.05) is 6.54 Å². The van der Waals surface area contributed by atoms with Gasteiger partial charge in [0.25, 0.3) is 5.91 Å². The SMILES string of the molecule is O=C(NCCCc1ncn[nH]1)c1ccc(I)c(Cl)c1. The number of hydrogen-bond acceptors (Lipinski definition) is 3. The number of nitrogens with one attached hydrogen (secondary N) is 2. The molecule has 0 saturated heterocycles. The van der Waals surface area contributed by atoms with E-state index in [0.29, 0.717) is 17.1 Å². The number of aryl methyl sites for hydroxylation is 1. The third-order valence-electron chi connectivity index (χ3n) is 2.52. The van der Waals surface area contributed by atoms with E-state index in [0.717, 1.165) is 22.2 Å². The fraction of sp³-hybridized carbons (Fsp3) is 0.250. The first kappa shape index (κ1) is 14.3. The summed E-state index contributed by atoms with van der Waals surface area (Å²) < 4.78 is 0.932. The molecule has 0 aliphatic heterocycles. The Bertz CT molecular complexity index is 559. The highest BCUT2D eigenvalue weighted by Gasteiger charge is 2.07. The van der Waals surface area contributed by atoms with Crippen LogP contribution in [0.1, 0.15) is 22.6 Å². The molecule has 0 bridgehead atoms. The summed E-state index contributed by atoms with van der Waals surface area (Å²) >= 11 is 8.10. The van der Waals surface area contributed by atoms with E-state index in [4.69, 9.17) is 11.6 Å². The van der Waals surface area contributed by atoms with Gasteiger partial charge < -0.3 is 5.32 Å². The smallest absolute Gasteiger partial charge is 0.251 e. The fourth-order valence-electron chi connectivity index (χ4n) is 1.55. The van der Waals surface area contributed by atoms with Gasteiger partial charge in [-0.3, -0.25) is 9.89 Å². The Labute approximate surface area is 129 Å². The zero-order valence-corrected chi connectivity index (χ0v) is 12.9. The van der Waals surface area contributed by atoms with Crippen molar-refractivity contribution >= 4 is 40.1 Å². The summed E-state index contributed by atoms with van der Waals surface area (Å²) in [5.74, 6) is 0.711. The van der Waals surface area contributed by atoms with E-state index >= 15 is 0 Å². The molecule has 0 spiro atoms. The van der Waals surface area contributed by atoms with Crippen LogP contribution >= 0.6 is 34.2 Å². The summed E-state index contributed by atoms with van der Waals surface area (Å²) in [7, 11) is 0. The molecule has 0 saturated carbocycles. The highest BCUT2D eigenvalue weighted by atomic mass is 127. The van der Waals surface area contributed by atoms with E-state index in [9.17, 15) is 4.79 Å². The molecular weight excluding hydrogens is 379 g/mol. The van der Waals surface area contributed by atoms with Crippen molar-refractivity contribution in [2.24, 2.45) is 0 Å². The quantitative estimate of drug-likeness (QED) is 0.608. The van der Waals surface area contributed by atoms with Gasteiger partial charge in [0.2, 0.25) is 0 Å². The second-order valence-corrected chi connectivity index (χ2v) is 5.49. The van der Waals surface area contributed by atoms with Crippen molar-refractivity contribution in [1.29, 1.82) is 0 Å². The van der Waals surface area contributed by atoms with Crippen molar-refractivity contribution in [2.45, 2.75) is 12.8 Å². The number of hydrogen-bond donors (Lipinski definition) is 2. The van der Waals surface area contributed by atoms with Crippen LogP contribution in [0.2, 0.25) is 5.02 Å². The number of rotatable bonds is 5. The number of carbonyl (C=O) groups excluding carboxylic acids is 1. The van der Waals surface area contributed by atoms with Gasteiger partial charge in [0.15, 0.2) is 0 Å². The lowest BCUT2D eigenvalue weighted by molar-refractivity contribution is 0.0953. The van der Waals surface area contributed by atoms with Crippen LogP contribution in [0.15, 0.2) is 24.5 Å². The number of aromatic amines is 1. The van der Waals surface area contributed by atoms with Gasteiger partial charge in [-0.15, -0.1) is 0 Å². The highest BCUT2D eigenvalue weighted by molar-refractivity contribution is 14.1. The molecule has 100 valence electrons. The molecule has 0 radical (unpaired) electrons. The summed E-state index contributed by atoms with van der Waals surface area (Å²) in [5.41, 5.74) is 0.574. The largest absolute Gasteiger partial charge is 0.352 e. The molecule has 2 aromatic rings. The van der Waals surface area contributed by atoms with Crippen LogP contribution in [0.4, 0.5) is 0 Å². The number of amides is 1. The highest BCUT2D eigenvalue weighted by Crippen LogP contribution is 2.19. The zero-order valence-electron chi connectivity index (χ0n) is 9.99. The molecule has 1 aromatic heterocycles. The minimum atomic E-state index is -0.115. The Kier molecular flexibility index (Phi) is 5.15. The van der Waals surface area contributed by atoms with E-state index in [1.165, 1.54) is 6.33 Å². The summed E-state index contributed by atoms with van der Waals surface area (Å²) in [6, 6.07) is 5.26. The minimum Gasteiger partial charge on any atom is -0.352 e. The predicted molar refractivity (Wildman–Crippen MR) is 81.2 cm³/mol. The van der Waals surface area contributed by atoms with Gasteiger partial charge in [-0.2, -0.15) is 5.10 Å². The van der Waals surface area contributed by atoms with Crippen LogP contribution in [0.25, 0.3) is 0 Å². The Morgan fingerprint density at radius 2 is 2.32 bits per heavy atom. The van der Waals surface area contributed by atoms with Crippen molar-refractivity contribution in [3.63, 3.8) is 0 Å². The molecule has 1 aromatic carbocycles. The lowest BCUT2D eigenvalue weighted by Crippen LogP contribution is -2.24. The van der Waals surface area contributed by atoms with Crippen molar-refractivity contribution in [1.82, 2.24) is 20.5 Å². The maximum atomic E-state index is 11.9. The van der Waals surface area contributed by atoms with E-state index in [2.05, 4.69) is 43.1 Å². The minimum absolute atomic E-state index is 0.115. The molecule has 2 N–H and O–H groups in total. The molecule has 0 atom stereocenters. The Hall–Kier alpha value is -1.15.